The van der Waals surface area contributed by atoms with E-state index in [0.717, 1.165) is 13.0 Å². The first-order valence-electron chi connectivity index (χ1n) is 1.96. The van der Waals surface area contributed by atoms with Gasteiger partial charge in [-0.15, -0.1) is 19.0 Å². The first-order valence-corrected chi connectivity index (χ1v) is 1.96. The van der Waals surface area contributed by atoms with Crippen LogP contribution in [0.5, 0.6) is 0 Å². The summed E-state index contributed by atoms with van der Waals surface area (Å²) in [4.78, 5) is 0. The van der Waals surface area contributed by atoms with Crippen LogP contribution < -0.4 is 11.3 Å². The van der Waals surface area contributed by atoms with Crippen LogP contribution in [0.1, 0.15) is 6.42 Å². The van der Waals surface area contributed by atoms with Crippen LogP contribution in [-0.2, 0) is 0 Å². The Bertz CT molecular complexity index is 38.7. The highest BCUT2D eigenvalue weighted by Crippen LogP contribution is 1.69. The average molecular weight is 123 g/mol. The van der Waals surface area contributed by atoms with Crippen LogP contribution in [-0.4, -0.2) is 6.54 Å². The topological polar surface area (TPSA) is 38.0 Å². The zero-order chi connectivity index (χ0) is 4.83. The highest BCUT2D eigenvalue weighted by atomic mass is 35.5. The molecule has 0 aliphatic rings. The molecule has 0 radical (unpaired) electrons. The smallest absolute Gasteiger partial charge is 0.0132 e. The SMILES string of the molecule is C=CCCNN.Cl. The minimum absolute atomic E-state index is 0. The molecule has 3 N–H and O–H groups in total. The fraction of sp³-hybridized carbons (Fsp3) is 0.500. The van der Waals surface area contributed by atoms with Crippen LogP contribution in [0, 0.1) is 0 Å². The molecule has 0 fully saturated rings. The maximum Gasteiger partial charge on any atom is 0.0132 e. The molecule has 0 aromatic heterocycles. The number of nitrogens with one attached hydrogen (secondary N) is 1. The van der Waals surface area contributed by atoms with Crippen molar-refractivity contribution in [2.75, 3.05) is 6.54 Å². The summed E-state index contributed by atoms with van der Waals surface area (Å²) in [5.41, 5.74) is 2.50. The van der Waals surface area contributed by atoms with E-state index in [1.807, 2.05) is 6.08 Å². The van der Waals surface area contributed by atoms with Gasteiger partial charge < -0.3 is 0 Å². The molecule has 0 amide bonds. The van der Waals surface area contributed by atoms with Gasteiger partial charge in [-0.25, -0.2) is 0 Å². The molecule has 0 aromatic rings. The third-order valence-electron chi connectivity index (χ3n) is 0.493. The quantitative estimate of drug-likeness (QED) is 0.247. The molecule has 0 aliphatic heterocycles. The van der Waals surface area contributed by atoms with E-state index in [0.29, 0.717) is 0 Å². The summed E-state index contributed by atoms with van der Waals surface area (Å²) >= 11 is 0. The number of hydrazine groups is 1. The van der Waals surface area contributed by atoms with Crippen molar-refractivity contribution in [3.05, 3.63) is 12.7 Å². The fourth-order valence-corrected chi connectivity index (χ4v) is 0.185. The second-order valence-corrected chi connectivity index (χ2v) is 1.03. The number of nitrogens with two attached hydrogens (primary N) is 1. The third kappa shape index (κ3) is 10.7. The van der Waals surface area contributed by atoms with Crippen LogP contribution in [0.25, 0.3) is 0 Å². The van der Waals surface area contributed by atoms with Gasteiger partial charge in [0.2, 0.25) is 0 Å². The van der Waals surface area contributed by atoms with Gasteiger partial charge in [0.25, 0.3) is 0 Å². The maximum absolute atomic E-state index is 4.92. The monoisotopic (exact) mass is 122 g/mol. The normalized spacial score (nSPS) is 7.00. The van der Waals surface area contributed by atoms with Crippen molar-refractivity contribution in [3.8, 4) is 0 Å². The van der Waals surface area contributed by atoms with Gasteiger partial charge in [0.15, 0.2) is 0 Å². The van der Waals surface area contributed by atoms with Crippen molar-refractivity contribution in [3.63, 3.8) is 0 Å². The molecule has 0 heterocycles. The average Bonchev–Trinajstić information content (AvgIpc) is 1.61. The van der Waals surface area contributed by atoms with Crippen molar-refractivity contribution >= 4 is 12.4 Å². The number of rotatable bonds is 3. The van der Waals surface area contributed by atoms with Gasteiger partial charge in [0.1, 0.15) is 0 Å². The highest BCUT2D eigenvalue weighted by Gasteiger charge is 1.68. The van der Waals surface area contributed by atoms with Crippen molar-refractivity contribution in [1.82, 2.24) is 5.43 Å². The lowest BCUT2D eigenvalue weighted by Gasteiger charge is -1.86. The number of hydrogen-bond acceptors (Lipinski definition) is 2. The number of halogens is 1. The van der Waals surface area contributed by atoms with E-state index in [-0.39, 0.29) is 12.4 Å². The highest BCUT2D eigenvalue weighted by molar-refractivity contribution is 5.85. The van der Waals surface area contributed by atoms with E-state index >= 15 is 0 Å². The van der Waals surface area contributed by atoms with Crippen molar-refractivity contribution in [2.45, 2.75) is 6.42 Å². The molecule has 44 valence electrons. The summed E-state index contributed by atoms with van der Waals surface area (Å²) in [6.45, 7) is 4.33. The molecule has 0 bridgehead atoms. The van der Waals surface area contributed by atoms with E-state index in [1.54, 1.807) is 0 Å². The Labute approximate surface area is 50.2 Å². The van der Waals surface area contributed by atoms with Gasteiger partial charge in [0.05, 0.1) is 0 Å². The molecule has 0 rings (SSSR count). The maximum atomic E-state index is 4.92. The molecule has 3 heteroatoms. The van der Waals surface area contributed by atoms with Crippen molar-refractivity contribution in [2.24, 2.45) is 5.84 Å². The van der Waals surface area contributed by atoms with Crippen molar-refractivity contribution < 1.29 is 0 Å². The van der Waals surface area contributed by atoms with Gasteiger partial charge in [-0.05, 0) is 6.42 Å². The van der Waals surface area contributed by atoms with Crippen LogP contribution in [0.3, 0.4) is 0 Å². The van der Waals surface area contributed by atoms with E-state index in [1.165, 1.54) is 0 Å². The van der Waals surface area contributed by atoms with E-state index < -0.39 is 0 Å². The lowest BCUT2D eigenvalue weighted by atomic mass is 10.4. The Morgan fingerprint density at radius 2 is 2.29 bits per heavy atom. The minimum Gasteiger partial charge on any atom is -0.271 e. The van der Waals surface area contributed by atoms with E-state index in [2.05, 4.69) is 12.0 Å². The first kappa shape index (κ1) is 10.0. The summed E-state index contributed by atoms with van der Waals surface area (Å²) in [7, 11) is 0. The minimum atomic E-state index is 0. The van der Waals surface area contributed by atoms with Gasteiger partial charge in [-0.1, -0.05) is 6.08 Å². The molecule has 0 saturated carbocycles. The number of hydrogen-bond donors (Lipinski definition) is 2. The summed E-state index contributed by atoms with van der Waals surface area (Å²) in [5.74, 6) is 4.92. The van der Waals surface area contributed by atoms with Gasteiger partial charge in [-0.2, -0.15) is 0 Å². The largest absolute Gasteiger partial charge is 0.271 e. The zero-order valence-electron chi connectivity index (χ0n) is 4.18. The summed E-state index contributed by atoms with van der Waals surface area (Å²) in [5, 5.41) is 0. The van der Waals surface area contributed by atoms with Gasteiger partial charge in [0, 0.05) is 6.54 Å². The third-order valence-corrected chi connectivity index (χ3v) is 0.493. The summed E-state index contributed by atoms with van der Waals surface area (Å²) in [6, 6.07) is 0. The van der Waals surface area contributed by atoms with Crippen LogP contribution in [0.4, 0.5) is 0 Å². The Hall–Kier alpha value is -0.0500. The molecule has 7 heavy (non-hydrogen) atoms. The second-order valence-electron chi connectivity index (χ2n) is 1.03. The predicted octanol–water partition coefficient (Wildman–Crippen LogP) is 0.448. The standard InChI is InChI=1S/C4H10N2.ClH/c1-2-3-4-6-5;/h2,6H,1,3-5H2;1H. The van der Waals surface area contributed by atoms with Crippen LogP contribution >= 0.6 is 12.4 Å². The molecule has 0 spiro atoms. The Balaban J connectivity index is 0. The fourth-order valence-electron chi connectivity index (χ4n) is 0.185. The van der Waals surface area contributed by atoms with E-state index in [4.69, 9.17) is 5.84 Å². The molecule has 0 saturated heterocycles. The van der Waals surface area contributed by atoms with Crippen LogP contribution in [0.15, 0.2) is 12.7 Å². The van der Waals surface area contributed by atoms with Gasteiger partial charge in [-0.3, -0.25) is 11.3 Å². The lowest BCUT2D eigenvalue weighted by Crippen LogP contribution is -2.22. The molecule has 2 nitrogen and oxygen atoms in total. The van der Waals surface area contributed by atoms with Gasteiger partial charge >= 0.3 is 0 Å². The summed E-state index contributed by atoms with van der Waals surface area (Å²) in [6.07, 6.45) is 2.76. The molecule has 0 atom stereocenters. The lowest BCUT2D eigenvalue weighted by molar-refractivity contribution is 0.740. The van der Waals surface area contributed by atoms with Crippen molar-refractivity contribution in [1.29, 1.82) is 0 Å². The van der Waals surface area contributed by atoms with E-state index in [9.17, 15) is 0 Å². The molecule has 0 aliphatic carbocycles. The first-order chi connectivity index (χ1) is 2.91. The molecular weight excluding hydrogens is 112 g/mol. The molecule has 0 unspecified atom stereocenters. The second kappa shape index (κ2) is 9.34. The zero-order valence-corrected chi connectivity index (χ0v) is 5.00. The molecular formula is C4H11ClN2. The van der Waals surface area contributed by atoms with Crippen LogP contribution in [0.2, 0.25) is 0 Å². The summed E-state index contributed by atoms with van der Waals surface area (Å²) < 4.78 is 0. The Morgan fingerprint density at radius 3 is 2.43 bits per heavy atom. The Kier molecular flexibility index (Phi) is 13.4. The predicted molar refractivity (Wildman–Crippen MR) is 34.3 cm³/mol. The molecule has 0 aromatic carbocycles. The Morgan fingerprint density at radius 1 is 1.71 bits per heavy atom.